The standard InChI is InChI=1S/C21H16FN5O3/c1-11-18(14-10-17(28)26(19(14)29)13-8-6-12(22)7-9-13)20(30)27(25-11)21-23-15-4-2-3-5-16(15)24-21/h2-9,14,25H,10H2,1H3,(H,23,24)/t14-/m0/s1. The van der Waals surface area contributed by atoms with Crippen LogP contribution in [0.2, 0.25) is 0 Å². The fourth-order valence-corrected chi connectivity index (χ4v) is 3.88. The van der Waals surface area contributed by atoms with E-state index in [0.717, 1.165) is 10.4 Å². The Morgan fingerprint density at radius 3 is 2.53 bits per heavy atom. The SMILES string of the molecule is Cc1[nH]n(-c2nc3ccccc3[nH]2)c(=O)c1[C@@H]1CC(=O)N(c2ccc(F)cc2)C1=O. The number of benzene rings is 2. The molecule has 2 N–H and O–H groups in total. The van der Waals surface area contributed by atoms with E-state index in [1.54, 1.807) is 6.92 Å². The predicted octanol–water partition coefficient (Wildman–Crippen LogP) is 2.54. The van der Waals surface area contributed by atoms with Gasteiger partial charge in [-0.25, -0.2) is 14.3 Å². The number of nitrogens with one attached hydrogen (secondary N) is 2. The molecule has 0 unspecified atom stereocenters. The molecule has 0 aliphatic carbocycles. The highest BCUT2D eigenvalue weighted by Crippen LogP contribution is 2.33. The van der Waals surface area contributed by atoms with Gasteiger partial charge in [-0.05, 0) is 43.3 Å². The Morgan fingerprint density at radius 1 is 1.07 bits per heavy atom. The molecule has 150 valence electrons. The lowest BCUT2D eigenvalue weighted by molar-refractivity contribution is -0.121. The minimum Gasteiger partial charge on any atom is -0.322 e. The molecular weight excluding hydrogens is 389 g/mol. The van der Waals surface area contributed by atoms with Gasteiger partial charge in [0.2, 0.25) is 17.8 Å². The summed E-state index contributed by atoms with van der Waals surface area (Å²) >= 11 is 0. The summed E-state index contributed by atoms with van der Waals surface area (Å²) in [5.41, 5.74) is 2.00. The summed E-state index contributed by atoms with van der Waals surface area (Å²) in [5.74, 6) is -2.04. The van der Waals surface area contributed by atoms with Gasteiger partial charge < -0.3 is 4.98 Å². The maximum absolute atomic E-state index is 13.2. The Morgan fingerprint density at radius 2 is 1.80 bits per heavy atom. The van der Waals surface area contributed by atoms with Crippen molar-refractivity contribution in [1.82, 2.24) is 19.7 Å². The van der Waals surface area contributed by atoms with Gasteiger partial charge in [0.05, 0.1) is 28.2 Å². The summed E-state index contributed by atoms with van der Waals surface area (Å²) in [5, 5.41) is 2.94. The van der Waals surface area contributed by atoms with Crippen LogP contribution >= 0.6 is 0 Å². The third kappa shape index (κ3) is 2.66. The molecule has 2 aromatic heterocycles. The van der Waals surface area contributed by atoms with E-state index in [1.165, 1.54) is 28.9 Å². The lowest BCUT2D eigenvalue weighted by atomic mass is 9.98. The number of H-pyrrole nitrogens is 2. The average molecular weight is 405 g/mol. The van der Waals surface area contributed by atoms with Crippen LogP contribution in [0.4, 0.5) is 10.1 Å². The third-order valence-corrected chi connectivity index (χ3v) is 5.29. The number of aryl methyl sites for hydroxylation is 1. The monoisotopic (exact) mass is 405 g/mol. The zero-order chi connectivity index (χ0) is 21.0. The van der Waals surface area contributed by atoms with E-state index in [2.05, 4.69) is 15.1 Å². The van der Waals surface area contributed by atoms with E-state index in [4.69, 9.17) is 0 Å². The largest absolute Gasteiger partial charge is 0.322 e. The van der Waals surface area contributed by atoms with Crippen LogP contribution in [0.15, 0.2) is 53.3 Å². The van der Waals surface area contributed by atoms with Crippen molar-refractivity contribution in [3.05, 3.63) is 76.0 Å². The minimum atomic E-state index is -0.920. The first-order valence-corrected chi connectivity index (χ1v) is 9.33. The van der Waals surface area contributed by atoms with Gasteiger partial charge in [0, 0.05) is 12.1 Å². The smallest absolute Gasteiger partial charge is 0.278 e. The number of amides is 2. The lowest BCUT2D eigenvalue weighted by Gasteiger charge is -2.14. The zero-order valence-corrected chi connectivity index (χ0v) is 15.8. The summed E-state index contributed by atoms with van der Waals surface area (Å²) in [7, 11) is 0. The molecule has 1 aliphatic heterocycles. The molecule has 4 aromatic rings. The fraction of sp³-hybridized carbons (Fsp3) is 0.143. The normalized spacial score (nSPS) is 16.7. The number of hydrogen-bond donors (Lipinski definition) is 2. The summed E-state index contributed by atoms with van der Waals surface area (Å²) < 4.78 is 14.4. The van der Waals surface area contributed by atoms with Gasteiger partial charge in [-0.2, -0.15) is 4.68 Å². The highest BCUT2D eigenvalue weighted by atomic mass is 19.1. The lowest BCUT2D eigenvalue weighted by Crippen LogP contribution is -2.31. The van der Waals surface area contributed by atoms with Crippen molar-refractivity contribution in [1.29, 1.82) is 0 Å². The molecule has 9 heteroatoms. The third-order valence-electron chi connectivity index (χ3n) is 5.29. The first-order chi connectivity index (χ1) is 14.4. The number of carbonyl (C=O) groups excluding carboxylic acids is 2. The number of rotatable bonds is 3. The van der Waals surface area contributed by atoms with Crippen LogP contribution in [0.3, 0.4) is 0 Å². The highest BCUT2D eigenvalue weighted by Gasteiger charge is 2.43. The molecule has 0 radical (unpaired) electrons. The molecule has 30 heavy (non-hydrogen) atoms. The van der Waals surface area contributed by atoms with Gasteiger partial charge in [0.15, 0.2) is 0 Å². The first-order valence-electron chi connectivity index (χ1n) is 9.33. The van der Waals surface area contributed by atoms with Crippen LogP contribution in [0.5, 0.6) is 0 Å². The number of nitrogens with zero attached hydrogens (tertiary/aromatic N) is 3. The topological polar surface area (TPSA) is 104 Å². The van der Waals surface area contributed by atoms with Crippen LogP contribution < -0.4 is 10.5 Å². The van der Waals surface area contributed by atoms with Gasteiger partial charge in [0.25, 0.3) is 5.56 Å². The van der Waals surface area contributed by atoms with Crippen LogP contribution in [0, 0.1) is 12.7 Å². The van der Waals surface area contributed by atoms with E-state index < -0.39 is 29.1 Å². The number of anilines is 1. The van der Waals surface area contributed by atoms with Crippen LogP contribution in [-0.2, 0) is 9.59 Å². The van der Waals surface area contributed by atoms with Crippen LogP contribution in [0.1, 0.15) is 23.6 Å². The van der Waals surface area contributed by atoms with Gasteiger partial charge in [-0.15, -0.1) is 0 Å². The molecule has 1 fully saturated rings. The number of fused-ring (bicyclic) bond motifs is 1. The van der Waals surface area contributed by atoms with Crippen molar-refractivity contribution in [3.8, 4) is 5.95 Å². The van der Waals surface area contributed by atoms with Crippen molar-refractivity contribution in [2.45, 2.75) is 19.3 Å². The van der Waals surface area contributed by atoms with E-state index in [-0.39, 0.29) is 17.7 Å². The number of imide groups is 1. The molecule has 2 aromatic carbocycles. The van der Waals surface area contributed by atoms with Crippen molar-refractivity contribution < 1.29 is 14.0 Å². The second kappa shape index (κ2) is 6.51. The van der Waals surface area contributed by atoms with Gasteiger partial charge >= 0.3 is 0 Å². The molecule has 0 saturated carbocycles. The Labute approximate surface area is 168 Å². The molecule has 3 heterocycles. The molecule has 5 rings (SSSR count). The molecule has 0 bridgehead atoms. The van der Waals surface area contributed by atoms with Crippen LogP contribution in [-0.4, -0.2) is 31.6 Å². The second-order valence-corrected chi connectivity index (χ2v) is 7.17. The number of aromatic nitrogens is 4. The summed E-state index contributed by atoms with van der Waals surface area (Å²) in [6, 6.07) is 12.4. The van der Waals surface area contributed by atoms with Crippen molar-refractivity contribution >= 4 is 28.5 Å². The number of carbonyl (C=O) groups is 2. The Balaban J connectivity index is 1.55. The minimum absolute atomic E-state index is 0.135. The Hall–Kier alpha value is -4.01. The molecular formula is C21H16FN5O3. The predicted molar refractivity (Wildman–Crippen MR) is 107 cm³/mol. The number of aromatic amines is 2. The van der Waals surface area contributed by atoms with Crippen molar-refractivity contribution in [2.24, 2.45) is 0 Å². The van der Waals surface area contributed by atoms with Gasteiger partial charge in [-0.3, -0.25) is 19.5 Å². The Kier molecular flexibility index (Phi) is 3.92. The molecule has 1 atom stereocenters. The van der Waals surface area contributed by atoms with Gasteiger partial charge in [-0.1, -0.05) is 12.1 Å². The number of halogens is 1. The van der Waals surface area contributed by atoms with Gasteiger partial charge in [0.1, 0.15) is 5.82 Å². The maximum atomic E-state index is 13.2. The highest BCUT2D eigenvalue weighted by molar-refractivity contribution is 6.22. The fourth-order valence-electron chi connectivity index (χ4n) is 3.88. The summed E-state index contributed by atoms with van der Waals surface area (Å²) in [6.45, 7) is 1.67. The number of hydrogen-bond acceptors (Lipinski definition) is 4. The van der Waals surface area contributed by atoms with E-state index in [1.807, 2.05) is 24.3 Å². The molecule has 2 amide bonds. The van der Waals surface area contributed by atoms with Crippen LogP contribution in [0.25, 0.3) is 17.0 Å². The van der Waals surface area contributed by atoms with Crippen molar-refractivity contribution in [2.75, 3.05) is 4.90 Å². The van der Waals surface area contributed by atoms with E-state index in [0.29, 0.717) is 17.2 Å². The molecule has 1 aliphatic rings. The van der Waals surface area contributed by atoms with E-state index >= 15 is 0 Å². The molecule has 1 saturated heterocycles. The zero-order valence-electron chi connectivity index (χ0n) is 15.8. The Bertz CT molecular complexity index is 1330. The number of imidazole rings is 1. The molecule has 0 spiro atoms. The van der Waals surface area contributed by atoms with E-state index in [9.17, 15) is 18.8 Å². The second-order valence-electron chi connectivity index (χ2n) is 7.17. The quantitative estimate of drug-likeness (QED) is 0.511. The summed E-state index contributed by atoms with van der Waals surface area (Å²) in [6.07, 6.45) is -0.135. The average Bonchev–Trinajstić information content (AvgIpc) is 3.36. The number of para-hydroxylation sites is 2. The van der Waals surface area contributed by atoms with Crippen molar-refractivity contribution in [3.63, 3.8) is 0 Å². The molecule has 8 nitrogen and oxygen atoms in total. The first kappa shape index (κ1) is 18.0. The maximum Gasteiger partial charge on any atom is 0.278 e. The summed E-state index contributed by atoms with van der Waals surface area (Å²) in [4.78, 5) is 47.2.